The first kappa shape index (κ1) is 21.2. The van der Waals surface area contributed by atoms with E-state index in [1.807, 2.05) is 4.72 Å². The molecule has 0 fully saturated rings. The Bertz CT molecular complexity index is 1690. The summed E-state index contributed by atoms with van der Waals surface area (Å²) in [5.41, 5.74) is 2.08. The quantitative estimate of drug-likeness (QED) is 0.382. The first-order chi connectivity index (χ1) is 15.8. The number of amides is 2. The van der Waals surface area contributed by atoms with Gasteiger partial charge in [-0.2, -0.15) is 0 Å². The number of anilines is 1. The molecule has 0 aliphatic carbocycles. The molecule has 2 amide bonds. The highest BCUT2D eigenvalue weighted by molar-refractivity contribution is 7.92. The molecule has 3 aromatic heterocycles. The van der Waals surface area contributed by atoms with Gasteiger partial charge in [-0.05, 0) is 53.2 Å². The summed E-state index contributed by atoms with van der Waals surface area (Å²) in [7, 11) is -4.02. The number of rotatable bonds is 4. The Balaban J connectivity index is 1.42. The van der Waals surface area contributed by atoms with Gasteiger partial charge < -0.3 is 5.32 Å². The molecule has 0 saturated heterocycles. The maximum absolute atomic E-state index is 14.9. The number of urea groups is 1. The zero-order valence-corrected chi connectivity index (χ0v) is 18.9. The van der Waals surface area contributed by atoms with Gasteiger partial charge in [0.05, 0.1) is 21.4 Å². The van der Waals surface area contributed by atoms with Gasteiger partial charge in [0.1, 0.15) is 10.0 Å². The number of thiophene rings is 1. The third-order valence-electron chi connectivity index (χ3n) is 4.81. The Morgan fingerprint density at radius 2 is 1.94 bits per heavy atom. The Morgan fingerprint density at radius 3 is 2.70 bits per heavy atom. The molecule has 2 aromatic carbocycles. The number of hydrogen-bond donors (Lipinski definition) is 2. The lowest BCUT2D eigenvalue weighted by Gasteiger charge is -2.11. The highest BCUT2D eigenvalue weighted by Gasteiger charge is 2.19. The van der Waals surface area contributed by atoms with E-state index in [4.69, 9.17) is 0 Å². The average Bonchev–Trinajstić information content (AvgIpc) is 3.45. The van der Waals surface area contributed by atoms with E-state index in [1.54, 1.807) is 35.2 Å². The van der Waals surface area contributed by atoms with Crippen LogP contribution in [0.5, 0.6) is 0 Å². The molecule has 5 aromatic rings. The molecule has 33 heavy (non-hydrogen) atoms. The second-order valence-corrected chi connectivity index (χ2v) is 10.7. The van der Waals surface area contributed by atoms with Crippen molar-refractivity contribution in [2.45, 2.75) is 4.21 Å². The van der Waals surface area contributed by atoms with Crippen LogP contribution in [0.25, 0.3) is 26.7 Å². The smallest absolute Gasteiger partial charge is 0.307 e. The lowest BCUT2D eigenvalue weighted by Crippen LogP contribution is -2.34. The number of pyridine rings is 1. The third kappa shape index (κ3) is 3.99. The molecule has 0 aliphatic heterocycles. The first-order valence-electron chi connectivity index (χ1n) is 9.38. The number of sulfonamides is 1. The monoisotopic (exact) mass is 500 g/mol. The Hall–Kier alpha value is -3.61. The highest BCUT2D eigenvalue weighted by Crippen LogP contribution is 2.24. The number of benzene rings is 2. The minimum atomic E-state index is -4.02. The standard InChI is InChI=1S/C21H13FN4O4S3/c22-15-9-13(24-21(28)25-33(29,30)19-2-1-7-31-19)3-4-17(15)26-6-5-12-8-16-18(32-11-23-16)10-14(12)20(26)27/h1-11H,(H2,24,25,28). The van der Waals surface area contributed by atoms with E-state index in [0.717, 1.165) is 27.6 Å². The van der Waals surface area contributed by atoms with E-state index in [9.17, 15) is 22.4 Å². The van der Waals surface area contributed by atoms with Gasteiger partial charge in [-0.3, -0.25) is 9.36 Å². The van der Waals surface area contributed by atoms with Crippen LogP contribution in [-0.4, -0.2) is 24.0 Å². The molecule has 3 heterocycles. The maximum Gasteiger partial charge on any atom is 0.333 e. The van der Waals surface area contributed by atoms with Crippen LogP contribution in [0.15, 0.2) is 74.6 Å². The van der Waals surface area contributed by atoms with Crippen molar-refractivity contribution in [1.82, 2.24) is 14.3 Å². The van der Waals surface area contributed by atoms with Crippen molar-refractivity contribution in [1.29, 1.82) is 0 Å². The van der Waals surface area contributed by atoms with Crippen molar-refractivity contribution >= 4 is 65.4 Å². The number of hydrogen-bond acceptors (Lipinski definition) is 7. The second-order valence-electron chi connectivity index (χ2n) is 6.91. The van der Waals surface area contributed by atoms with E-state index in [0.29, 0.717) is 10.8 Å². The molecule has 0 saturated carbocycles. The molecule has 0 unspecified atom stereocenters. The molecule has 12 heteroatoms. The molecular weight excluding hydrogens is 487 g/mol. The lowest BCUT2D eigenvalue weighted by molar-refractivity contribution is 0.256. The minimum Gasteiger partial charge on any atom is -0.307 e. The lowest BCUT2D eigenvalue weighted by atomic mass is 10.1. The number of carbonyl (C=O) groups excluding carboxylic acids is 1. The van der Waals surface area contributed by atoms with Crippen LogP contribution in [0.2, 0.25) is 0 Å². The fraction of sp³-hybridized carbons (Fsp3) is 0. The number of fused-ring (bicyclic) bond motifs is 2. The summed E-state index contributed by atoms with van der Waals surface area (Å²) in [6.07, 6.45) is 1.47. The molecule has 0 atom stereocenters. The van der Waals surface area contributed by atoms with Crippen molar-refractivity contribution < 1.29 is 17.6 Å². The molecule has 166 valence electrons. The normalized spacial score (nSPS) is 11.7. The predicted molar refractivity (Wildman–Crippen MR) is 126 cm³/mol. The summed E-state index contributed by atoms with van der Waals surface area (Å²) in [6, 6.07) is 10.8. The average molecular weight is 501 g/mol. The van der Waals surface area contributed by atoms with Gasteiger partial charge in [0, 0.05) is 17.3 Å². The van der Waals surface area contributed by atoms with E-state index in [-0.39, 0.29) is 15.6 Å². The van der Waals surface area contributed by atoms with Crippen molar-refractivity contribution in [3.63, 3.8) is 0 Å². The van der Waals surface area contributed by atoms with Crippen LogP contribution >= 0.6 is 22.7 Å². The van der Waals surface area contributed by atoms with E-state index < -0.39 is 27.4 Å². The first-order valence-corrected chi connectivity index (χ1v) is 12.6. The predicted octanol–water partition coefficient (Wildman–Crippen LogP) is 4.31. The highest BCUT2D eigenvalue weighted by atomic mass is 32.2. The second kappa shape index (κ2) is 8.06. The number of halogens is 1. The van der Waals surface area contributed by atoms with Crippen LogP contribution in [0.3, 0.4) is 0 Å². The fourth-order valence-electron chi connectivity index (χ4n) is 3.31. The fourth-order valence-corrected chi connectivity index (χ4v) is 5.91. The van der Waals surface area contributed by atoms with Gasteiger partial charge >= 0.3 is 6.03 Å². The SMILES string of the molecule is O=C(Nc1ccc(-n2ccc3cc4ncsc4cc3c2=O)c(F)c1)NS(=O)(=O)c1cccs1. The number of aromatic nitrogens is 2. The van der Waals surface area contributed by atoms with Crippen LogP contribution in [0.4, 0.5) is 14.9 Å². The van der Waals surface area contributed by atoms with E-state index in [1.165, 1.54) is 40.3 Å². The van der Waals surface area contributed by atoms with Crippen molar-refractivity contribution in [2.75, 3.05) is 5.32 Å². The molecular formula is C21H13FN4O4S3. The van der Waals surface area contributed by atoms with E-state index >= 15 is 0 Å². The van der Waals surface area contributed by atoms with Gasteiger partial charge in [-0.25, -0.2) is 27.3 Å². The molecule has 8 nitrogen and oxygen atoms in total. The maximum atomic E-state index is 14.9. The van der Waals surface area contributed by atoms with Gasteiger partial charge in [0.2, 0.25) is 0 Å². The summed E-state index contributed by atoms with van der Waals surface area (Å²) >= 11 is 2.36. The molecule has 2 N–H and O–H groups in total. The zero-order valence-electron chi connectivity index (χ0n) is 16.5. The zero-order chi connectivity index (χ0) is 23.2. The largest absolute Gasteiger partial charge is 0.333 e. The van der Waals surface area contributed by atoms with E-state index in [2.05, 4.69) is 10.3 Å². The van der Waals surface area contributed by atoms with Crippen LogP contribution < -0.4 is 15.6 Å². The summed E-state index contributed by atoms with van der Waals surface area (Å²) in [6.45, 7) is 0. The summed E-state index contributed by atoms with van der Waals surface area (Å²) in [4.78, 5) is 29.3. The third-order valence-corrected chi connectivity index (χ3v) is 8.33. The van der Waals surface area contributed by atoms with Crippen LogP contribution in [-0.2, 0) is 10.0 Å². The molecule has 0 aliphatic rings. The van der Waals surface area contributed by atoms with Crippen molar-refractivity contribution in [3.05, 3.63) is 81.8 Å². The Morgan fingerprint density at radius 1 is 1.09 bits per heavy atom. The van der Waals surface area contributed by atoms with Gasteiger partial charge in [-0.15, -0.1) is 22.7 Å². The molecule has 0 spiro atoms. The van der Waals surface area contributed by atoms with Gasteiger partial charge in [0.15, 0.2) is 0 Å². The topological polar surface area (TPSA) is 110 Å². The summed E-state index contributed by atoms with van der Waals surface area (Å²) < 4.78 is 43.0. The molecule has 0 radical (unpaired) electrons. The summed E-state index contributed by atoms with van der Waals surface area (Å²) in [5.74, 6) is -0.769. The van der Waals surface area contributed by atoms with Crippen LogP contribution in [0.1, 0.15) is 0 Å². The molecule has 5 rings (SSSR count). The Labute approximate surface area is 194 Å². The molecule has 0 bridgehead atoms. The number of nitrogens with one attached hydrogen (secondary N) is 2. The Kier molecular flexibility index (Phi) is 5.19. The summed E-state index contributed by atoms with van der Waals surface area (Å²) in [5, 5.41) is 4.96. The van der Waals surface area contributed by atoms with Crippen molar-refractivity contribution in [2.24, 2.45) is 0 Å². The van der Waals surface area contributed by atoms with Gasteiger partial charge in [-0.1, -0.05) is 6.07 Å². The van der Waals surface area contributed by atoms with Gasteiger partial charge in [0.25, 0.3) is 15.6 Å². The minimum absolute atomic E-state index is 0.0107. The number of nitrogens with zero attached hydrogens (tertiary/aromatic N) is 2. The van der Waals surface area contributed by atoms with Crippen LogP contribution in [0, 0.1) is 5.82 Å². The number of thiazole rings is 1. The van der Waals surface area contributed by atoms with Crippen molar-refractivity contribution in [3.8, 4) is 5.69 Å². The number of carbonyl (C=O) groups is 1.